The second-order valence-electron chi connectivity index (χ2n) is 7.14. The number of likely N-dealkylation sites (N-methyl/N-ethyl adjacent to an activating group) is 1. The van der Waals surface area contributed by atoms with E-state index in [1.54, 1.807) is 13.3 Å². The summed E-state index contributed by atoms with van der Waals surface area (Å²) in [5.41, 5.74) is 0.831. The van der Waals surface area contributed by atoms with Crippen molar-refractivity contribution in [3.63, 3.8) is 0 Å². The van der Waals surface area contributed by atoms with Gasteiger partial charge in [-0.05, 0) is 34.7 Å². The molecule has 0 saturated carbocycles. The number of halogens is 1. The van der Waals surface area contributed by atoms with E-state index in [4.69, 9.17) is 21.1 Å². The Morgan fingerprint density at radius 2 is 1.88 bits per heavy atom. The number of rotatable bonds is 7. The first kappa shape index (κ1) is 20.3. The van der Waals surface area contributed by atoms with E-state index in [0.29, 0.717) is 18.2 Å². The van der Waals surface area contributed by atoms with Crippen LogP contribution in [0.2, 0.25) is 5.28 Å². The molecule has 1 heterocycles. The summed E-state index contributed by atoms with van der Waals surface area (Å²) in [6.45, 7) is 6.52. The number of aromatic nitrogens is 2. The molecule has 0 fully saturated rings. The van der Waals surface area contributed by atoms with Crippen LogP contribution < -0.4 is 14.4 Å². The third kappa shape index (κ3) is 4.99. The van der Waals surface area contributed by atoms with Crippen molar-refractivity contribution in [2.24, 2.45) is 5.41 Å². The molecule has 0 amide bonds. The number of hydrogen-bond acceptors (Lipinski definition) is 6. The molecule has 1 N–H and O–H groups in total. The average Bonchev–Trinajstić information content (AvgIpc) is 2.60. The molecule has 2 rings (SSSR count). The average molecular weight is 380 g/mol. The maximum absolute atomic E-state index is 9.84. The van der Waals surface area contributed by atoms with Gasteiger partial charge in [-0.3, -0.25) is 0 Å². The smallest absolute Gasteiger partial charge is 0.224 e. The highest BCUT2D eigenvalue weighted by Crippen LogP contribution is 2.32. The van der Waals surface area contributed by atoms with E-state index in [2.05, 4.69) is 30.7 Å². The molecule has 1 aromatic heterocycles. The Morgan fingerprint density at radius 1 is 1.23 bits per heavy atom. The fourth-order valence-electron chi connectivity index (χ4n) is 2.70. The van der Waals surface area contributed by atoms with E-state index in [9.17, 15) is 5.11 Å². The normalized spacial score (nSPS) is 12.6. The summed E-state index contributed by atoms with van der Waals surface area (Å²) in [7, 11) is 3.50. The molecule has 1 unspecified atom stereocenters. The molecule has 0 saturated heterocycles. The van der Waals surface area contributed by atoms with Crippen molar-refractivity contribution < 1.29 is 14.6 Å². The highest BCUT2D eigenvalue weighted by Gasteiger charge is 2.30. The van der Waals surface area contributed by atoms with Crippen LogP contribution in [0.4, 0.5) is 5.82 Å². The number of aliphatic hydroxyl groups excluding tert-OH is 1. The van der Waals surface area contributed by atoms with Crippen LogP contribution >= 0.6 is 11.6 Å². The fourth-order valence-corrected chi connectivity index (χ4v) is 2.83. The summed E-state index contributed by atoms with van der Waals surface area (Å²) < 4.78 is 11.1. The van der Waals surface area contributed by atoms with Gasteiger partial charge in [-0.1, -0.05) is 32.9 Å². The predicted octanol–water partition coefficient (Wildman–Crippen LogP) is 3.56. The monoisotopic (exact) mass is 379 g/mol. The van der Waals surface area contributed by atoms with E-state index in [1.807, 2.05) is 36.2 Å². The minimum atomic E-state index is -0.159. The summed E-state index contributed by atoms with van der Waals surface area (Å²) in [6.07, 6.45) is 1.56. The summed E-state index contributed by atoms with van der Waals surface area (Å²) >= 11 is 5.99. The fraction of sp³-hybridized carbons (Fsp3) is 0.474. The van der Waals surface area contributed by atoms with Crippen LogP contribution in [0.25, 0.3) is 0 Å². The lowest BCUT2D eigenvalue weighted by Crippen LogP contribution is -2.45. The summed E-state index contributed by atoms with van der Waals surface area (Å²) in [6, 6.07) is 7.48. The Kier molecular flexibility index (Phi) is 6.67. The van der Waals surface area contributed by atoms with Crippen LogP contribution in [-0.4, -0.2) is 41.9 Å². The van der Waals surface area contributed by atoms with Gasteiger partial charge in [0.1, 0.15) is 12.4 Å². The van der Waals surface area contributed by atoms with Crippen molar-refractivity contribution in [3.05, 3.63) is 41.3 Å². The van der Waals surface area contributed by atoms with Crippen molar-refractivity contribution in [1.29, 1.82) is 0 Å². The van der Waals surface area contributed by atoms with Crippen LogP contribution in [0.15, 0.2) is 30.5 Å². The molecule has 2 aromatic rings. The van der Waals surface area contributed by atoms with E-state index in [-0.39, 0.29) is 23.3 Å². The topological polar surface area (TPSA) is 67.7 Å². The van der Waals surface area contributed by atoms with Gasteiger partial charge in [0.2, 0.25) is 5.28 Å². The zero-order valence-electron chi connectivity index (χ0n) is 15.9. The van der Waals surface area contributed by atoms with Crippen molar-refractivity contribution in [1.82, 2.24) is 9.97 Å². The van der Waals surface area contributed by atoms with Gasteiger partial charge in [-0.25, -0.2) is 4.98 Å². The summed E-state index contributed by atoms with van der Waals surface area (Å²) in [5, 5.41) is 9.97. The lowest BCUT2D eigenvalue weighted by atomic mass is 9.86. The molecular formula is C19H26ClN3O3. The van der Waals surface area contributed by atoms with E-state index in [0.717, 1.165) is 11.3 Å². The number of ether oxygens (including phenoxy) is 2. The Morgan fingerprint density at radius 3 is 2.42 bits per heavy atom. The molecule has 7 heteroatoms. The van der Waals surface area contributed by atoms with Crippen LogP contribution in [0, 0.1) is 5.41 Å². The Labute approximate surface area is 159 Å². The summed E-state index contributed by atoms with van der Waals surface area (Å²) in [4.78, 5) is 10.2. The Hall–Kier alpha value is -2.05. The van der Waals surface area contributed by atoms with Gasteiger partial charge in [0.05, 0.1) is 26.0 Å². The quantitative estimate of drug-likeness (QED) is 0.742. The minimum absolute atomic E-state index is 0.0143. The van der Waals surface area contributed by atoms with Gasteiger partial charge in [-0.2, -0.15) is 4.98 Å². The molecule has 0 spiro atoms. The molecule has 142 valence electrons. The Balaban J connectivity index is 2.23. The lowest BCUT2D eigenvalue weighted by molar-refractivity contribution is 0.183. The molecule has 1 aromatic carbocycles. The zero-order valence-corrected chi connectivity index (χ0v) is 16.6. The van der Waals surface area contributed by atoms with E-state index >= 15 is 0 Å². The van der Waals surface area contributed by atoms with Crippen LogP contribution in [0.1, 0.15) is 26.3 Å². The number of methoxy groups -OCH3 is 1. The van der Waals surface area contributed by atoms with E-state index in [1.165, 1.54) is 0 Å². The van der Waals surface area contributed by atoms with E-state index < -0.39 is 0 Å². The third-order valence-electron chi connectivity index (χ3n) is 4.23. The van der Waals surface area contributed by atoms with Gasteiger partial charge in [-0.15, -0.1) is 0 Å². The maximum atomic E-state index is 9.84. The van der Waals surface area contributed by atoms with Crippen molar-refractivity contribution in [2.45, 2.75) is 33.4 Å². The molecule has 6 nitrogen and oxygen atoms in total. The number of nitrogens with zero attached hydrogens (tertiary/aromatic N) is 3. The van der Waals surface area contributed by atoms with Crippen LogP contribution in [0.5, 0.6) is 11.5 Å². The molecule has 0 bridgehead atoms. The number of benzene rings is 1. The van der Waals surface area contributed by atoms with Crippen molar-refractivity contribution >= 4 is 17.4 Å². The molecular weight excluding hydrogens is 354 g/mol. The SMILES string of the molecule is COc1ccc(COc2cnc(Cl)nc2N(C)C(CO)C(C)(C)C)cc1. The van der Waals surface area contributed by atoms with Crippen molar-refractivity contribution in [2.75, 3.05) is 25.7 Å². The maximum Gasteiger partial charge on any atom is 0.224 e. The highest BCUT2D eigenvalue weighted by atomic mass is 35.5. The molecule has 0 radical (unpaired) electrons. The highest BCUT2D eigenvalue weighted by molar-refractivity contribution is 6.28. The third-order valence-corrected chi connectivity index (χ3v) is 4.42. The van der Waals surface area contributed by atoms with Gasteiger partial charge < -0.3 is 19.5 Å². The number of anilines is 1. The molecule has 0 aliphatic rings. The lowest BCUT2D eigenvalue weighted by Gasteiger charge is -2.37. The zero-order chi connectivity index (χ0) is 19.3. The second-order valence-corrected chi connectivity index (χ2v) is 7.48. The van der Waals surface area contributed by atoms with Gasteiger partial charge in [0, 0.05) is 7.05 Å². The van der Waals surface area contributed by atoms with Gasteiger partial charge >= 0.3 is 0 Å². The molecule has 26 heavy (non-hydrogen) atoms. The standard InChI is InChI=1S/C19H26ClN3O3/c1-19(2,3)16(11-24)23(4)17-15(10-21-18(20)22-17)26-12-13-6-8-14(25-5)9-7-13/h6-10,16,24H,11-12H2,1-5H3. The molecule has 0 aliphatic carbocycles. The van der Waals surface area contributed by atoms with Gasteiger partial charge in [0.15, 0.2) is 11.6 Å². The van der Waals surface area contributed by atoms with Crippen LogP contribution in [0.3, 0.4) is 0 Å². The minimum Gasteiger partial charge on any atom is -0.497 e. The summed E-state index contributed by atoms with van der Waals surface area (Å²) in [5.74, 6) is 1.85. The molecule has 0 aliphatic heterocycles. The number of aliphatic hydroxyl groups is 1. The first-order valence-electron chi connectivity index (χ1n) is 8.38. The largest absolute Gasteiger partial charge is 0.497 e. The first-order chi connectivity index (χ1) is 12.3. The van der Waals surface area contributed by atoms with Gasteiger partial charge in [0.25, 0.3) is 0 Å². The van der Waals surface area contributed by atoms with Crippen LogP contribution in [-0.2, 0) is 6.61 Å². The molecule has 1 atom stereocenters. The predicted molar refractivity (Wildman–Crippen MR) is 103 cm³/mol. The first-order valence-corrected chi connectivity index (χ1v) is 8.76. The van der Waals surface area contributed by atoms with Crippen molar-refractivity contribution in [3.8, 4) is 11.5 Å². The Bertz CT molecular complexity index is 717. The second kappa shape index (κ2) is 8.56. The number of hydrogen-bond donors (Lipinski definition) is 1.